The number of rotatable bonds is 7. The van der Waals surface area contributed by atoms with E-state index in [1.54, 1.807) is 0 Å². The molecule has 0 saturated carbocycles. The summed E-state index contributed by atoms with van der Waals surface area (Å²) in [6.45, 7) is 0.193. The van der Waals surface area contributed by atoms with Crippen LogP contribution in [-0.4, -0.2) is 50.4 Å². The summed E-state index contributed by atoms with van der Waals surface area (Å²) < 4.78 is 37.5. The molecular formula is C19H21N3O7S. The zero-order valence-corrected chi connectivity index (χ0v) is 17.2. The van der Waals surface area contributed by atoms with Gasteiger partial charge in [0.1, 0.15) is 17.5 Å². The Kier molecular flexibility index (Phi) is 6.22. The van der Waals surface area contributed by atoms with E-state index in [0.717, 1.165) is 4.31 Å². The molecule has 1 heterocycles. The monoisotopic (exact) mass is 435 g/mol. The van der Waals surface area contributed by atoms with Gasteiger partial charge in [-0.15, -0.1) is 0 Å². The second-order valence-electron chi connectivity index (χ2n) is 6.58. The van der Waals surface area contributed by atoms with Crippen LogP contribution < -0.4 is 14.8 Å². The lowest BCUT2D eigenvalue weighted by atomic mass is 10.2. The van der Waals surface area contributed by atoms with Crippen LogP contribution in [0.3, 0.4) is 0 Å². The van der Waals surface area contributed by atoms with Crippen molar-refractivity contribution in [3.05, 3.63) is 52.6 Å². The average molecular weight is 435 g/mol. The summed E-state index contributed by atoms with van der Waals surface area (Å²) in [7, 11) is -1.06. The third-order valence-electron chi connectivity index (χ3n) is 4.82. The lowest BCUT2D eigenvalue weighted by Gasteiger charge is -2.23. The molecule has 11 heteroatoms. The van der Waals surface area contributed by atoms with Crippen LogP contribution in [0.25, 0.3) is 0 Å². The van der Waals surface area contributed by atoms with Gasteiger partial charge in [-0.05, 0) is 43.2 Å². The molecule has 3 rings (SSSR count). The molecule has 1 amide bonds. The number of ether oxygens (including phenoxy) is 2. The Morgan fingerprint density at radius 3 is 2.47 bits per heavy atom. The fraction of sp³-hybridized carbons (Fsp3) is 0.316. The summed E-state index contributed by atoms with van der Waals surface area (Å²) in [5, 5.41) is 13.6. The maximum atomic E-state index is 13.1. The number of carbonyl (C=O) groups excluding carboxylic acids is 1. The molecule has 2 aromatic rings. The molecule has 1 N–H and O–H groups in total. The number of hydrogen-bond donors (Lipinski definition) is 1. The summed E-state index contributed by atoms with van der Waals surface area (Å²) >= 11 is 0. The van der Waals surface area contributed by atoms with Crippen molar-refractivity contribution in [2.45, 2.75) is 23.8 Å². The number of anilines is 1. The molecule has 2 aromatic carbocycles. The summed E-state index contributed by atoms with van der Waals surface area (Å²) in [5.41, 5.74) is -0.120. The van der Waals surface area contributed by atoms with Crippen molar-refractivity contribution in [3.63, 3.8) is 0 Å². The highest BCUT2D eigenvalue weighted by atomic mass is 32.2. The molecule has 1 atom stereocenters. The molecular weight excluding hydrogens is 414 g/mol. The quantitative estimate of drug-likeness (QED) is 0.522. The Morgan fingerprint density at radius 2 is 1.87 bits per heavy atom. The Labute approximate surface area is 173 Å². The van der Waals surface area contributed by atoms with Crippen molar-refractivity contribution in [2.75, 3.05) is 26.1 Å². The highest BCUT2D eigenvalue weighted by molar-refractivity contribution is 7.89. The molecule has 0 bridgehead atoms. The smallest absolute Gasteiger partial charge is 0.271 e. The molecule has 30 heavy (non-hydrogen) atoms. The van der Waals surface area contributed by atoms with Crippen molar-refractivity contribution in [2.24, 2.45) is 0 Å². The molecule has 0 spiro atoms. The minimum Gasteiger partial charge on any atom is -0.497 e. The number of carbonyl (C=O) groups is 1. The highest BCUT2D eigenvalue weighted by Crippen LogP contribution is 2.31. The Bertz CT molecular complexity index is 1050. The first kappa shape index (κ1) is 21.5. The minimum absolute atomic E-state index is 0.0518. The van der Waals surface area contributed by atoms with Gasteiger partial charge >= 0.3 is 0 Å². The van der Waals surface area contributed by atoms with Gasteiger partial charge in [-0.1, -0.05) is 0 Å². The second kappa shape index (κ2) is 8.67. The van der Waals surface area contributed by atoms with Crippen LogP contribution in [0.2, 0.25) is 0 Å². The van der Waals surface area contributed by atoms with Gasteiger partial charge in [-0.2, -0.15) is 4.31 Å². The van der Waals surface area contributed by atoms with E-state index in [1.165, 1.54) is 56.7 Å². The van der Waals surface area contributed by atoms with Crippen LogP contribution in [0.4, 0.5) is 11.4 Å². The summed E-state index contributed by atoms with van der Waals surface area (Å²) in [5.74, 6) is 0.169. The van der Waals surface area contributed by atoms with Crippen LogP contribution in [0.1, 0.15) is 12.8 Å². The fourth-order valence-corrected chi connectivity index (χ4v) is 4.95. The molecule has 10 nitrogen and oxygen atoms in total. The Balaban J connectivity index is 1.85. The van der Waals surface area contributed by atoms with Crippen LogP contribution in [-0.2, 0) is 14.8 Å². The lowest BCUT2D eigenvalue weighted by molar-refractivity contribution is -0.384. The normalized spacial score (nSPS) is 16.8. The number of non-ortho nitro benzene ring substituents is 1. The molecule has 1 aliphatic rings. The molecule has 1 saturated heterocycles. The summed E-state index contributed by atoms with van der Waals surface area (Å²) in [6, 6.07) is 8.77. The van der Waals surface area contributed by atoms with Crippen molar-refractivity contribution in [1.82, 2.24) is 4.31 Å². The Hall–Kier alpha value is -3.18. The summed E-state index contributed by atoms with van der Waals surface area (Å²) in [4.78, 5) is 23.4. The van der Waals surface area contributed by atoms with Gasteiger partial charge in [0.2, 0.25) is 15.9 Å². The molecule has 0 aromatic heterocycles. The second-order valence-corrected chi connectivity index (χ2v) is 8.47. The first-order valence-corrected chi connectivity index (χ1v) is 10.5. The van der Waals surface area contributed by atoms with Crippen molar-refractivity contribution >= 4 is 27.3 Å². The predicted molar refractivity (Wildman–Crippen MR) is 108 cm³/mol. The lowest BCUT2D eigenvalue weighted by Crippen LogP contribution is -2.43. The molecule has 0 aliphatic carbocycles. The molecule has 160 valence electrons. The highest BCUT2D eigenvalue weighted by Gasteiger charge is 2.39. The van der Waals surface area contributed by atoms with Crippen molar-refractivity contribution in [3.8, 4) is 11.5 Å². The van der Waals surface area contributed by atoms with Gasteiger partial charge < -0.3 is 14.8 Å². The van der Waals surface area contributed by atoms with E-state index in [2.05, 4.69) is 5.32 Å². The maximum Gasteiger partial charge on any atom is 0.271 e. The van der Waals surface area contributed by atoms with Crippen LogP contribution in [0.5, 0.6) is 11.5 Å². The Morgan fingerprint density at radius 1 is 1.17 bits per heavy atom. The van der Waals surface area contributed by atoms with Crippen LogP contribution in [0.15, 0.2) is 47.4 Å². The zero-order chi connectivity index (χ0) is 21.9. The van der Waals surface area contributed by atoms with Gasteiger partial charge in [-0.25, -0.2) is 8.42 Å². The minimum atomic E-state index is -3.91. The molecule has 0 radical (unpaired) electrons. The fourth-order valence-electron chi connectivity index (χ4n) is 3.30. The number of nitrogens with zero attached hydrogens (tertiary/aromatic N) is 2. The zero-order valence-electron chi connectivity index (χ0n) is 16.4. The van der Waals surface area contributed by atoms with E-state index < -0.39 is 26.9 Å². The van der Waals surface area contributed by atoms with Crippen LogP contribution in [0, 0.1) is 10.1 Å². The van der Waals surface area contributed by atoms with E-state index in [4.69, 9.17) is 9.47 Å². The topological polar surface area (TPSA) is 128 Å². The number of nitrogens with one attached hydrogen (secondary N) is 1. The van der Waals surface area contributed by atoms with E-state index in [9.17, 15) is 23.3 Å². The predicted octanol–water partition coefficient (Wildman–Crippen LogP) is 2.40. The first-order valence-electron chi connectivity index (χ1n) is 9.07. The van der Waals surface area contributed by atoms with E-state index in [0.29, 0.717) is 18.6 Å². The SMILES string of the molecule is COc1ccc(S(=O)(=O)N2CCCC2C(=O)Nc2cc([N+](=O)[O-])ccc2OC)cc1. The standard InChI is InChI=1S/C19H21N3O7S/c1-28-14-6-8-15(9-7-14)30(26,27)21-11-3-4-17(21)19(23)20-16-12-13(22(24)25)5-10-18(16)29-2/h5-10,12,17H,3-4,11H2,1-2H3,(H,20,23). The van der Waals surface area contributed by atoms with Gasteiger partial charge in [0.05, 0.1) is 29.7 Å². The number of hydrogen-bond acceptors (Lipinski definition) is 7. The number of nitro benzene ring substituents is 1. The maximum absolute atomic E-state index is 13.1. The van der Waals surface area contributed by atoms with E-state index >= 15 is 0 Å². The molecule has 1 aliphatic heterocycles. The van der Waals surface area contributed by atoms with Crippen LogP contribution >= 0.6 is 0 Å². The van der Waals surface area contributed by atoms with E-state index in [1.807, 2.05) is 0 Å². The third kappa shape index (κ3) is 4.21. The average Bonchev–Trinajstić information content (AvgIpc) is 3.24. The number of sulfonamides is 1. The molecule has 1 unspecified atom stereocenters. The number of benzene rings is 2. The first-order chi connectivity index (χ1) is 14.3. The number of amides is 1. The number of methoxy groups -OCH3 is 2. The van der Waals surface area contributed by atoms with E-state index in [-0.39, 0.29) is 28.6 Å². The van der Waals surface area contributed by atoms with Gasteiger partial charge in [0.15, 0.2) is 0 Å². The van der Waals surface area contributed by atoms with Gasteiger partial charge in [0, 0.05) is 18.7 Å². The summed E-state index contributed by atoms with van der Waals surface area (Å²) in [6.07, 6.45) is 0.845. The largest absolute Gasteiger partial charge is 0.497 e. The van der Waals surface area contributed by atoms with Gasteiger partial charge in [0.25, 0.3) is 5.69 Å². The van der Waals surface area contributed by atoms with Crippen molar-refractivity contribution < 1.29 is 27.6 Å². The van der Waals surface area contributed by atoms with Crippen molar-refractivity contribution in [1.29, 1.82) is 0 Å². The third-order valence-corrected chi connectivity index (χ3v) is 6.75. The molecule has 1 fully saturated rings. The van der Waals surface area contributed by atoms with Gasteiger partial charge in [-0.3, -0.25) is 14.9 Å². The number of nitro groups is 1.